The zero-order valence-electron chi connectivity index (χ0n) is 12.3. The smallest absolute Gasteiger partial charge is 0.194 e. The van der Waals surface area contributed by atoms with E-state index in [0.717, 1.165) is 24.8 Å². The lowest BCUT2D eigenvalue weighted by Crippen LogP contribution is -2.35. The number of H-pyrrole nitrogens is 1. The summed E-state index contributed by atoms with van der Waals surface area (Å²) in [6.07, 6.45) is 0. The molecule has 118 valence electrons. The van der Waals surface area contributed by atoms with Gasteiger partial charge in [-0.1, -0.05) is 18.2 Å². The van der Waals surface area contributed by atoms with Crippen molar-refractivity contribution in [2.24, 2.45) is 4.99 Å². The van der Waals surface area contributed by atoms with E-state index in [9.17, 15) is 0 Å². The molecule has 8 heteroatoms. The Morgan fingerprint density at radius 2 is 2.14 bits per heavy atom. The Balaban J connectivity index is 0.00000176. The molecular weight excluding hydrogens is 395 g/mol. The predicted octanol–water partition coefficient (Wildman–Crippen LogP) is 1.39. The first kappa shape index (κ1) is 16.5. The van der Waals surface area contributed by atoms with Gasteiger partial charge in [-0.25, -0.2) is 4.98 Å². The molecule has 0 fully saturated rings. The summed E-state index contributed by atoms with van der Waals surface area (Å²) in [4.78, 5) is 10.8. The van der Waals surface area contributed by atoms with Crippen molar-refractivity contribution in [2.75, 3.05) is 20.1 Å². The van der Waals surface area contributed by atoms with Gasteiger partial charge in [-0.05, 0) is 12.1 Å². The minimum Gasteiger partial charge on any atom is -0.486 e. The summed E-state index contributed by atoms with van der Waals surface area (Å²) in [5.74, 6) is 3.11. The molecule has 0 amide bonds. The fraction of sp³-hybridized carbons (Fsp3) is 0.357. The van der Waals surface area contributed by atoms with Gasteiger partial charge in [0.2, 0.25) is 0 Å². The second-order valence-electron chi connectivity index (χ2n) is 4.78. The topological polar surface area (TPSA) is 78.4 Å². The second kappa shape index (κ2) is 7.97. The van der Waals surface area contributed by atoms with E-state index in [1.54, 1.807) is 0 Å². The van der Waals surface area contributed by atoms with Gasteiger partial charge < -0.3 is 15.0 Å². The second-order valence-corrected chi connectivity index (χ2v) is 4.78. The third-order valence-electron chi connectivity index (χ3n) is 3.16. The summed E-state index contributed by atoms with van der Waals surface area (Å²) < 4.78 is 5.61. The van der Waals surface area contributed by atoms with Crippen LogP contribution in [0.5, 0.6) is 5.75 Å². The van der Waals surface area contributed by atoms with Crippen LogP contribution in [0.3, 0.4) is 0 Å². The molecule has 2 aromatic rings. The summed E-state index contributed by atoms with van der Waals surface area (Å²) in [6.45, 7) is 2.71. The highest BCUT2D eigenvalue weighted by molar-refractivity contribution is 14.0. The molecule has 1 aliphatic heterocycles. The number of rotatable bonds is 5. The van der Waals surface area contributed by atoms with Crippen LogP contribution in [0.25, 0.3) is 0 Å². The molecule has 0 saturated carbocycles. The Labute approximate surface area is 146 Å². The predicted molar refractivity (Wildman–Crippen MR) is 94.3 cm³/mol. The molecule has 1 aliphatic rings. The number of hydrogen-bond donors (Lipinski definition) is 2. The summed E-state index contributed by atoms with van der Waals surface area (Å²) in [6, 6.07) is 9.64. The fourth-order valence-electron chi connectivity index (χ4n) is 2.03. The van der Waals surface area contributed by atoms with E-state index >= 15 is 0 Å². The maximum atomic E-state index is 5.61. The number of likely N-dealkylation sites (N-methyl/N-ethyl adjacent to an activating group) is 1. The monoisotopic (exact) mass is 414 g/mol. The normalized spacial score (nSPS) is 13.5. The fourth-order valence-corrected chi connectivity index (χ4v) is 2.03. The summed E-state index contributed by atoms with van der Waals surface area (Å²) >= 11 is 0. The van der Waals surface area contributed by atoms with Gasteiger partial charge in [0, 0.05) is 13.6 Å². The Bertz CT molecular complexity index is 615. The Hall–Kier alpha value is -1.84. The molecule has 0 atom stereocenters. The van der Waals surface area contributed by atoms with E-state index in [1.807, 2.05) is 37.4 Å². The maximum Gasteiger partial charge on any atom is 0.194 e. The van der Waals surface area contributed by atoms with Crippen LogP contribution in [0.15, 0.2) is 35.3 Å². The number of ether oxygens (including phenoxy) is 1. The largest absolute Gasteiger partial charge is 0.486 e. The molecule has 2 N–H and O–H groups in total. The van der Waals surface area contributed by atoms with E-state index in [2.05, 4.69) is 30.4 Å². The Morgan fingerprint density at radius 1 is 1.32 bits per heavy atom. The number of para-hydroxylation sites is 1. The van der Waals surface area contributed by atoms with Gasteiger partial charge in [0.1, 0.15) is 12.4 Å². The van der Waals surface area contributed by atoms with Crippen molar-refractivity contribution in [1.82, 2.24) is 25.4 Å². The number of nitrogens with one attached hydrogen (secondary N) is 2. The quantitative estimate of drug-likeness (QED) is 0.724. The SMILES string of the molecule is CN1CCN=C1NCc1n[nH]c(COc2ccccc2)n1.I. The van der Waals surface area contributed by atoms with Crippen LogP contribution in [-0.4, -0.2) is 46.2 Å². The Kier molecular flexibility index (Phi) is 5.99. The van der Waals surface area contributed by atoms with E-state index in [4.69, 9.17) is 4.74 Å². The third kappa shape index (κ3) is 4.33. The average Bonchev–Trinajstić information content (AvgIpc) is 3.13. The first-order valence-corrected chi connectivity index (χ1v) is 6.89. The van der Waals surface area contributed by atoms with E-state index in [-0.39, 0.29) is 24.0 Å². The zero-order valence-corrected chi connectivity index (χ0v) is 14.7. The minimum atomic E-state index is 0. The highest BCUT2D eigenvalue weighted by Gasteiger charge is 2.12. The summed E-state index contributed by atoms with van der Waals surface area (Å²) in [5.41, 5.74) is 0. The number of aromatic nitrogens is 3. The van der Waals surface area contributed by atoms with Crippen LogP contribution >= 0.6 is 24.0 Å². The first-order chi connectivity index (χ1) is 10.3. The van der Waals surface area contributed by atoms with Crippen molar-refractivity contribution in [1.29, 1.82) is 0 Å². The molecular formula is C14H19IN6O. The van der Waals surface area contributed by atoms with Crippen molar-refractivity contribution in [3.63, 3.8) is 0 Å². The molecule has 22 heavy (non-hydrogen) atoms. The number of guanidine groups is 1. The maximum absolute atomic E-state index is 5.61. The van der Waals surface area contributed by atoms with Crippen LogP contribution in [0.4, 0.5) is 0 Å². The minimum absolute atomic E-state index is 0. The number of nitrogens with zero attached hydrogens (tertiary/aromatic N) is 4. The van der Waals surface area contributed by atoms with Gasteiger partial charge in [0.05, 0.1) is 13.1 Å². The molecule has 0 spiro atoms. The number of aliphatic imine (C=N–C) groups is 1. The molecule has 0 bridgehead atoms. The molecule has 2 heterocycles. The van der Waals surface area contributed by atoms with E-state index < -0.39 is 0 Å². The molecule has 1 aromatic heterocycles. The molecule has 0 aliphatic carbocycles. The van der Waals surface area contributed by atoms with Gasteiger partial charge in [0.15, 0.2) is 17.6 Å². The molecule has 3 rings (SSSR count). The zero-order chi connectivity index (χ0) is 14.5. The molecule has 7 nitrogen and oxygen atoms in total. The standard InChI is InChI=1S/C14H18N6O.HI/c1-20-8-7-15-14(20)16-9-12-17-13(19-18-12)10-21-11-5-3-2-4-6-11;/h2-6H,7-10H2,1H3,(H,15,16)(H,17,18,19);1H. The van der Waals surface area contributed by atoms with Crippen LogP contribution in [0.1, 0.15) is 11.6 Å². The average molecular weight is 414 g/mol. The third-order valence-corrected chi connectivity index (χ3v) is 3.16. The van der Waals surface area contributed by atoms with Crippen LogP contribution in [-0.2, 0) is 13.2 Å². The van der Waals surface area contributed by atoms with Gasteiger partial charge in [-0.2, -0.15) is 5.10 Å². The molecule has 0 unspecified atom stereocenters. The number of benzene rings is 1. The lowest BCUT2D eigenvalue weighted by Gasteiger charge is -2.13. The van der Waals surface area contributed by atoms with Crippen LogP contribution < -0.4 is 10.1 Å². The van der Waals surface area contributed by atoms with Gasteiger partial charge >= 0.3 is 0 Å². The summed E-state index contributed by atoms with van der Waals surface area (Å²) in [7, 11) is 2.01. The van der Waals surface area contributed by atoms with Gasteiger partial charge in [-0.15, -0.1) is 24.0 Å². The van der Waals surface area contributed by atoms with E-state index in [0.29, 0.717) is 24.8 Å². The lowest BCUT2D eigenvalue weighted by atomic mass is 10.3. The van der Waals surface area contributed by atoms with Crippen molar-refractivity contribution in [3.05, 3.63) is 42.0 Å². The van der Waals surface area contributed by atoms with Gasteiger partial charge in [0.25, 0.3) is 0 Å². The van der Waals surface area contributed by atoms with Crippen LogP contribution in [0.2, 0.25) is 0 Å². The van der Waals surface area contributed by atoms with Gasteiger partial charge in [-0.3, -0.25) is 10.1 Å². The molecule has 0 radical (unpaired) electrons. The number of aromatic amines is 1. The van der Waals surface area contributed by atoms with Crippen molar-refractivity contribution >= 4 is 29.9 Å². The summed E-state index contributed by atoms with van der Waals surface area (Å²) in [5, 5.41) is 10.3. The highest BCUT2D eigenvalue weighted by atomic mass is 127. The number of hydrogen-bond acceptors (Lipinski definition) is 6. The number of halogens is 1. The first-order valence-electron chi connectivity index (χ1n) is 6.89. The van der Waals surface area contributed by atoms with Crippen molar-refractivity contribution in [3.8, 4) is 5.75 Å². The van der Waals surface area contributed by atoms with Crippen molar-refractivity contribution in [2.45, 2.75) is 13.2 Å². The van der Waals surface area contributed by atoms with Crippen LogP contribution in [0, 0.1) is 0 Å². The van der Waals surface area contributed by atoms with E-state index in [1.165, 1.54) is 0 Å². The van der Waals surface area contributed by atoms with Crippen molar-refractivity contribution < 1.29 is 4.74 Å². The Morgan fingerprint density at radius 3 is 2.86 bits per heavy atom. The molecule has 1 aromatic carbocycles. The highest BCUT2D eigenvalue weighted by Crippen LogP contribution is 2.09. The lowest BCUT2D eigenvalue weighted by molar-refractivity contribution is 0.296. The molecule has 0 saturated heterocycles.